The molecule has 1 saturated carbocycles. The molecule has 0 saturated heterocycles. The summed E-state index contributed by atoms with van der Waals surface area (Å²) in [6.07, 6.45) is 6.59. The molecule has 1 heteroatoms. The molecule has 1 heterocycles. The smallest absolute Gasteiger partial charge is 0.0214 e. The van der Waals surface area contributed by atoms with Crippen LogP contribution in [0.2, 0.25) is 0 Å². The summed E-state index contributed by atoms with van der Waals surface area (Å²) in [5.74, 6) is 0.839. The zero-order valence-electron chi connectivity index (χ0n) is 9.00. The first kappa shape index (κ1) is 9.17. The predicted octanol–water partition coefficient (Wildman–Crippen LogP) is 2.97. The van der Waals surface area contributed by atoms with Gasteiger partial charge < -0.3 is 5.32 Å². The van der Waals surface area contributed by atoms with Gasteiger partial charge in [0.2, 0.25) is 0 Å². The highest BCUT2D eigenvalue weighted by Crippen LogP contribution is 2.39. The van der Waals surface area contributed by atoms with Crippen molar-refractivity contribution in [3.8, 4) is 0 Å². The lowest BCUT2D eigenvalue weighted by Gasteiger charge is -2.29. The minimum absolute atomic E-state index is 0.839. The summed E-state index contributed by atoms with van der Waals surface area (Å²) in [6, 6.07) is 8.84. The number of allylic oxidation sites excluding steroid dienone is 1. The van der Waals surface area contributed by atoms with Gasteiger partial charge in [-0.15, -0.1) is 0 Å². The Balaban J connectivity index is 2.02. The molecule has 1 aromatic rings. The summed E-state index contributed by atoms with van der Waals surface area (Å²) in [4.78, 5) is 0. The van der Waals surface area contributed by atoms with E-state index in [1.54, 1.807) is 5.57 Å². The first-order chi connectivity index (χ1) is 7.45. The van der Waals surface area contributed by atoms with Crippen LogP contribution in [0.4, 0.5) is 0 Å². The second-order valence-corrected chi connectivity index (χ2v) is 4.58. The van der Waals surface area contributed by atoms with Gasteiger partial charge in [0.25, 0.3) is 0 Å². The van der Waals surface area contributed by atoms with Gasteiger partial charge in [0.15, 0.2) is 0 Å². The maximum Gasteiger partial charge on any atom is 0.0214 e. The number of hydrogen-bond donors (Lipinski definition) is 1. The quantitative estimate of drug-likeness (QED) is 0.733. The fourth-order valence-electron chi connectivity index (χ4n) is 2.56. The van der Waals surface area contributed by atoms with Crippen molar-refractivity contribution >= 4 is 5.57 Å². The van der Waals surface area contributed by atoms with E-state index in [2.05, 4.69) is 35.7 Å². The van der Waals surface area contributed by atoms with Gasteiger partial charge in [-0.2, -0.15) is 0 Å². The predicted molar refractivity (Wildman–Crippen MR) is 63.5 cm³/mol. The topological polar surface area (TPSA) is 12.0 Å². The van der Waals surface area contributed by atoms with E-state index in [-0.39, 0.29) is 0 Å². The van der Waals surface area contributed by atoms with Gasteiger partial charge in [0.1, 0.15) is 0 Å². The molecule has 1 aromatic carbocycles. The van der Waals surface area contributed by atoms with E-state index in [0.29, 0.717) is 0 Å². The van der Waals surface area contributed by atoms with Gasteiger partial charge in [-0.3, -0.25) is 0 Å². The van der Waals surface area contributed by atoms with E-state index in [9.17, 15) is 0 Å². The van der Waals surface area contributed by atoms with Crippen molar-refractivity contribution in [1.82, 2.24) is 5.32 Å². The fraction of sp³-hybridized carbons (Fsp3) is 0.429. The van der Waals surface area contributed by atoms with Crippen LogP contribution in [-0.2, 0) is 6.54 Å². The van der Waals surface area contributed by atoms with Gasteiger partial charge in [-0.05, 0) is 35.5 Å². The van der Waals surface area contributed by atoms with E-state index in [1.807, 2.05) is 0 Å². The van der Waals surface area contributed by atoms with E-state index in [4.69, 9.17) is 0 Å². The van der Waals surface area contributed by atoms with Gasteiger partial charge in [-0.1, -0.05) is 36.8 Å². The monoisotopic (exact) mass is 199 g/mol. The van der Waals surface area contributed by atoms with Crippen LogP contribution in [0.5, 0.6) is 0 Å². The highest BCUT2D eigenvalue weighted by Gasteiger charge is 2.24. The maximum absolute atomic E-state index is 3.46. The first-order valence-electron chi connectivity index (χ1n) is 5.94. The second-order valence-electron chi connectivity index (χ2n) is 4.58. The second kappa shape index (κ2) is 3.82. The lowest BCUT2D eigenvalue weighted by Crippen LogP contribution is -2.13. The largest absolute Gasteiger partial charge is 0.309 e. The molecule has 78 valence electrons. The summed E-state index contributed by atoms with van der Waals surface area (Å²) in [6.45, 7) is 2.05. The molecule has 0 unspecified atom stereocenters. The summed E-state index contributed by atoms with van der Waals surface area (Å²) in [5, 5.41) is 3.46. The Morgan fingerprint density at radius 2 is 2.00 bits per heavy atom. The molecule has 1 fully saturated rings. The molecule has 0 amide bonds. The van der Waals surface area contributed by atoms with Crippen LogP contribution in [0.3, 0.4) is 0 Å². The Labute approximate surface area is 91.2 Å². The van der Waals surface area contributed by atoms with E-state index < -0.39 is 0 Å². The van der Waals surface area contributed by atoms with Crippen molar-refractivity contribution in [3.05, 3.63) is 41.5 Å². The molecule has 0 atom stereocenters. The summed E-state index contributed by atoms with van der Waals surface area (Å²) in [7, 11) is 0. The van der Waals surface area contributed by atoms with Crippen molar-refractivity contribution in [2.75, 3.05) is 6.54 Å². The average Bonchev–Trinajstić information content (AvgIpc) is 2.39. The van der Waals surface area contributed by atoms with Crippen LogP contribution in [0.1, 0.15) is 30.4 Å². The molecule has 1 aliphatic carbocycles. The molecule has 1 N–H and O–H groups in total. The minimum atomic E-state index is 0.839. The third-order valence-corrected chi connectivity index (χ3v) is 3.66. The number of fused-ring (bicyclic) bond motifs is 1. The molecule has 0 aromatic heterocycles. The Morgan fingerprint density at radius 1 is 1.13 bits per heavy atom. The summed E-state index contributed by atoms with van der Waals surface area (Å²) >= 11 is 0. The van der Waals surface area contributed by atoms with Crippen LogP contribution in [0.25, 0.3) is 5.57 Å². The van der Waals surface area contributed by atoms with E-state index in [0.717, 1.165) is 19.0 Å². The fourth-order valence-corrected chi connectivity index (χ4v) is 2.56. The zero-order valence-corrected chi connectivity index (χ0v) is 9.00. The lowest BCUT2D eigenvalue weighted by molar-refractivity contribution is 0.400. The molecule has 0 spiro atoms. The lowest BCUT2D eigenvalue weighted by atomic mass is 9.76. The minimum Gasteiger partial charge on any atom is -0.309 e. The van der Waals surface area contributed by atoms with Crippen molar-refractivity contribution in [1.29, 1.82) is 0 Å². The first-order valence-corrected chi connectivity index (χ1v) is 5.94. The van der Waals surface area contributed by atoms with Crippen LogP contribution < -0.4 is 5.32 Å². The van der Waals surface area contributed by atoms with Gasteiger partial charge in [0, 0.05) is 13.1 Å². The van der Waals surface area contributed by atoms with Crippen LogP contribution in [-0.4, -0.2) is 6.54 Å². The molecule has 0 radical (unpaired) electrons. The maximum atomic E-state index is 3.46. The van der Waals surface area contributed by atoms with E-state index >= 15 is 0 Å². The van der Waals surface area contributed by atoms with Crippen LogP contribution in [0, 0.1) is 5.92 Å². The normalized spacial score (nSPS) is 21.2. The van der Waals surface area contributed by atoms with Crippen molar-refractivity contribution in [3.63, 3.8) is 0 Å². The molecule has 15 heavy (non-hydrogen) atoms. The number of benzene rings is 1. The average molecular weight is 199 g/mol. The summed E-state index contributed by atoms with van der Waals surface area (Å²) < 4.78 is 0. The van der Waals surface area contributed by atoms with Crippen LogP contribution >= 0.6 is 0 Å². The zero-order chi connectivity index (χ0) is 10.1. The van der Waals surface area contributed by atoms with Gasteiger partial charge >= 0.3 is 0 Å². The van der Waals surface area contributed by atoms with Gasteiger partial charge in [-0.25, -0.2) is 0 Å². The van der Waals surface area contributed by atoms with Crippen molar-refractivity contribution < 1.29 is 0 Å². The standard InChI is InChI=1S/C14H17N/c1-2-7-13-12(4-1)10-15-9-8-14(13)11-5-3-6-11/h1-2,4,7-8,11,15H,3,5-6,9-10H2. The molecule has 2 aliphatic rings. The van der Waals surface area contributed by atoms with Crippen molar-refractivity contribution in [2.45, 2.75) is 25.8 Å². The molecule has 1 nitrogen and oxygen atoms in total. The molecule has 0 bridgehead atoms. The van der Waals surface area contributed by atoms with Crippen molar-refractivity contribution in [2.24, 2.45) is 5.92 Å². The third kappa shape index (κ3) is 1.61. The highest BCUT2D eigenvalue weighted by molar-refractivity contribution is 5.71. The number of rotatable bonds is 1. The Bertz CT molecular complexity index is 388. The Hall–Kier alpha value is -1.08. The van der Waals surface area contributed by atoms with E-state index in [1.165, 1.54) is 30.4 Å². The molecular weight excluding hydrogens is 182 g/mol. The Morgan fingerprint density at radius 3 is 2.80 bits per heavy atom. The van der Waals surface area contributed by atoms with Gasteiger partial charge in [0.05, 0.1) is 0 Å². The highest BCUT2D eigenvalue weighted by atomic mass is 14.8. The van der Waals surface area contributed by atoms with Crippen LogP contribution in [0.15, 0.2) is 30.3 Å². The Kier molecular flexibility index (Phi) is 2.34. The molecular formula is C14H17N. The SMILES string of the molecule is C1=C(C2CCC2)c2ccccc2CNC1. The summed E-state index contributed by atoms with van der Waals surface area (Å²) in [5.41, 5.74) is 4.56. The molecule has 3 rings (SSSR count). The molecule has 1 aliphatic heterocycles. The number of nitrogens with one attached hydrogen (secondary N) is 1. The third-order valence-electron chi connectivity index (χ3n) is 3.66. The number of hydrogen-bond acceptors (Lipinski definition) is 1.